The van der Waals surface area contributed by atoms with Crippen molar-refractivity contribution in [3.8, 4) is 5.88 Å². The van der Waals surface area contributed by atoms with E-state index in [2.05, 4.69) is 9.97 Å². The molecule has 0 aliphatic carbocycles. The Morgan fingerprint density at radius 1 is 1.24 bits per heavy atom. The van der Waals surface area contributed by atoms with Gasteiger partial charge in [-0.15, -0.1) is 11.6 Å². The maximum Gasteiger partial charge on any atom is 0.232 e. The largest absolute Gasteiger partial charge is 0.472 e. The van der Waals surface area contributed by atoms with Crippen LogP contribution < -0.4 is 4.74 Å². The number of nitrogens with zero attached hydrogens (tertiary/aromatic N) is 2. The topological polar surface area (TPSA) is 35.0 Å². The molecule has 0 aliphatic heterocycles. The molecule has 17 heavy (non-hydrogen) atoms. The first kappa shape index (κ1) is 11.8. The van der Waals surface area contributed by atoms with E-state index in [9.17, 15) is 4.39 Å². The van der Waals surface area contributed by atoms with Crippen LogP contribution in [0.15, 0.2) is 36.7 Å². The monoisotopic (exact) mass is 252 g/mol. The fourth-order valence-electron chi connectivity index (χ4n) is 1.29. The van der Waals surface area contributed by atoms with Gasteiger partial charge in [-0.05, 0) is 6.07 Å². The number of aromatic nitrogens is 2. The third kappa shape index (κ3) is 3.14. The van der Waals surface area contributed by atoms with Crippen molar-refractivity contribution in [3.05, 3.63) is 53.7 Å². The molecule has 0 saturated carbocycles. The van der Waals surface area contributed by atoms with Gasteiger partial charge in [-0.2, -0.15) is 0 Å². The van der Waals surface area contributed by atoms with Gasteiger partial charge in [0, 0.05) is 11.8 Å². The molecule has 88 valence electrons. The third-order valence-corrected chi connectivity index (χ3v) is 2.41. The molecule has 0 atom stereocenters. The molecule has 0 N–H and O–H groups in total. The third-order valence-electron chi connectivity index (χ3n) is 2.13. The van der Waals surface area contributed by atoms with Crippen LogP contribution in [-0.2, 0) is 12.5 Å². The summed E-state index contributed by atoms with van der Waals surface area (Å²) in [5, 5.41) is 0. The minimum atomic E-state index is -0.297. The normalized spacial score (nSPS) is 10.2. The Morgan fingerprint density at radius 3 is 2.82 bits per heavy atom. The predicted molar refractivity (Wildman–Crippen MR) is 62.3 cm³/mol. The Balaban J connectivity index is 2.05. The second-order valence-corrected chi connectivity index (χ2v) is 3.63. The smallest absolute Gasteiger partial charge is 0.232 e. The molecule has 0 radical (unpaired) electrons. The van der Waals surface area contributed by atoms with Gasteiger partial charge in [-0.25, -0.2) is 9.37 Å². The van der Waals surface area contributed by atoms with Gasteiger partial charge in [0.1, 0.15) is 12.4 Å². The standard InChI is InChI=1S/C12H10ClFN2O/c13-5-10-6-15-7-12(16-10)17-8-9-3-1-2-4-11(9)14/h1-4,6-7H,5,8H2. The number of ether oxygens (including phenoxy) is 1. The predicted octanol–water partition coefficient (Wildman–Crippen LogP) is 2.93. The lowest BCUT2D eigenvalue weighted by Gasteiger charge is -2.06. The van der Waals surface area contributed by atoms with E-state index in [0.29, 0.717) is 17.1 Å². The maximum absolute atomic E-state index is 13.3. The molecule has 0 bridgehead atoms. The van der Waals surface area contributed by atoms with Gasteiger partial charge in [-0.1, -0.05) is 18.2 Å². The molecule has 0 spiro atoms. The lowest BCUT2D eigenvalue weighted by Crippen LogP contribution is -2.01. The molecular weight excluding hydrogens is 243 g/mol. The molecule has 5 heteroatoms. The molecule has 1 aromatic carbocycles. The van der Waals surface area contributed by atoms with E-state index in [0.717, 1.165) is 0 Å². The first-order valence-corrected chi connectivity index (χ1v) is 5.56. The van der Waals surface area contributed by atoms with Crippen molar-refractivity contribution in [2.45, 2.75) is 12.5 Å². The number of hydrogen-bond acceptors (Lipinski definition) is 3. The molecule has 0 amide bonds. The average molecular weight is 253 g/mol. The lowest BCUT2D eigenvalue weighted by atomic mass is 10.2. The van der Waals surface area contributed by atoms with Crippen LogP contribution in [0, 0.1) is 5.82 Å². The van der Waals surface area contributed by atoms with Crippen molar-refractivity contribution in [3.63, 3.8) is 0 Å². The van der Waals surface area contributed by atoms with Crippen LogP contribution in [0.4, 0.5) is 4.39 Å². The summed E-state index contributed by atoms with van der Waals surface area (Å²) >= 11 is 5.62. The Bertz CT molecular complexity index is 507. The van der Waals surface area contributed by atoms with Crippen molar-refractivity contribution in [1.29, 1.82) is 0 Å². The molecule has 0 saturated heterocycles. The second-order valence-electron chi connectivity index (χ2n) is 3.36. The fraction of sp³-hybridized carbons (Fsp3) is 0.167. The Hall–Kier alpha value is -1.68. The van der Waals surface area contributed by atoms with Gasteiger partial charge in [0.2, 0.25) is 5.88 Å². The van der Waals surface area contributed by atoms with Gasteiger partial charge in [-0.3, -0.25) is 4.98 Å². The van der Waals surface area contributed by atoms with E-state index in [-0.39, 0.29) is 18.3 Å². The highest BCUT2D eigenvalue weighted by Gasteiger charge is 2.03. The minimum Gasteiger partial charge on any atom is -0.472 e. The molecule has 0 fully saturated rings. The van der Waals surface area contributed by atoms with Crippen LogP contribution in [0.3, 0.4) is 0 Å². The second kappa shape index (κ2) is 5.59. The van der Waals surface area contributed by atoms with Crippen LogP contribution in [0.5, 0.6) is 5.88 Å². The summed E-state index contributed by atoms with van der Waals surface area (Å²) in [5.74, 6) is 0.310. The number of benzene rings is 1. The number of hydrogen-bond donors (Lipinski definition) is 0. The molecule has 2 aromatic rings. The zero-order valence-electron chi connectivity index (χ0n) is 8.94. The molecule has 2 rings (SSSR count). The van der Waals surface area contributed by atoms with Crippen molar-refractivity contribution >= 4 is 11.6 Å². The molecule has 1 aromatic heterocycles. The van der Waals surface area contributed by atoms with Gasteiger partial charge in [0.15, 0.2) is 0 Å². The fourth-order valence-corrected chi connectivity index (χ4v) is 1.42. The molecular formula is C12H10ClFN2O. The van der Waals surface area contributed by atoms with E-state index in [4.69, 9.17) is 16.3 Å². The highest BCUT2D eigenvalue weighted by atomic mass is 35.5. The SMILES string of the molecule is Fc1ccccc1COc1cncc(CCl)n1. The van der Waals surface area contributed by atoms with Crippen molar-refractivity contribution in [2.75, 3.05) is 0 Å². The van der Waals surface area contributed by atoms with E-state index < -0.39 is 0 Å². The summed E-state index contributed by atoms with van der Waals surface area (Å²) in [5.41, 5.74) is 1.10. The number of rotatable bonds is 4. The molecule has 0 aliphatic rings. The zero-order valence-corrected chi connectivity index (χ0v) is 9.69. The van der Waals surface area contributed by atoms with Crippen LogP contribution >= 0.6 is 11.6 Å². The van der Waals surface area contributed by atoms with Gasteiger partial charge >= 0.3 is 0 Å². The summed E-state index contributed by atoms with van der Waals surface area (Å²) in [7, 11) is 0. The van der Waals surface area contributed by atoms with Crippen molar-refractivity contribution in [1.82, 2.24) is 9.97 Å². The van der Waals surface area contributed by atoms with E-state index in [1.807, 2.05) is 0 Å². The average Bonchev–Trinajstić information content (AvgIpc) is 2.38. The summed E-state index contributed by atoms with van der Waals surface area (Å²) in [6, 6.07) is 6.43. The summed E-state index contributed by atoms with van der Waals surface area (Å²) < 4.78 is 18.6. The van der Waals surface area contributed by atoms with E-state index in [1.54, 1.807) is 24.4 Å². The van der Waals surface area contributed by atoms with Gasteiger partial charge in [0.05, 0.1) is 17.8 Å². The van der Waals surface area contributed by atoms with Crippen molar-refractivity contribution < 1.29 is 9.13 Å². The van der Waals surface area contributed by atoms with E-state index >= 15 is 0 Å². The Labute approximate surface area is 103 Å². The molecule has 0 unspecified atom stereocenters. The number of alkyl halides is 1. The maximum atomic E-state index is 13.3. The van der Waals surface area contributed by atoms with Crippen LogP contribution in [0.1, 0.15) is 11.3 Å². The Kier molecular flexibility index (Phi) is 3.88. The van der Waals surface area contributed by atoms with E-state index in [1.165, 1.54) is 12.3 Å². The first-order chi connectivity index (χ1) is 8.29. The summed E-state index contributed by atoms with van der Waals surface area (Å²) in [6.07, 6.45) is 3.03. The zero-order chi connectivity index (χ0) is 12.1. The molecule has 1 heterocycles. The van der Waals surface area contributed by atoms with Gasteiger partial charge in [0.25, 0.3) is 0 Å². The van der Waals surface area contributed by atoms with Crippen LogP contribution in [0.2, 0.25) is 0 Å². The minimum absolute atomic E-state index is 0.118. The quantitative estimate of drug-likeness (QED) is 0.785. The highest BCUT2D eigenvalue weighted by Crippen LogP contribution is 2.12. The first-order valence-electron chi connectivity index (χ1n) is 5.02. The molecule has 3 nitrogen and oxygen atoms in total. The lowest BCUT2D eigenvalue weighted by molar-refractivity contribution is 0.286. The summed E-state index contributed by atoms with van der Waals surface area (Å²) in [6.45, 7) is 0.118. The van der Waals surface area contributed by atoms with Crippen LogP contribution in [-0.4, -0.2) is 9.97 Å². The summed E-state index contributed by atoms with van der Waals surface area (Å²) in [4.78, 5) is 8.02. The van der Waals surface area contributed by atoms with Crippen LogP contribution in [0.25, 0.3) is 0 Å². The number of halogens is 2. The van der Waals surface area contributed by atoms with Gasteiger partial charge < -0.3 is 4.74 Å². The van der Waals surface area contributed by atoms with Crippen molar-refractivity contribution in [2.24, 2.45) is 0 Å². The Morgan fingerprint density at radius 2 is 2.06 bits per heavy atom. The highest BCUT2D eigenvalue weighted by molar-refractivity contribution is 6.16.